The number of sulfone groups is 1. The zero-order valence-corrected chi connectivity index (χ0v) is 12.0. The summed E-state index contributed by atoms with van der Waals surface area (Å²) in [6.07, 6.45) is 3.99. The van der Waals surface area contributed by atoms with Crippen molar-refractivity contribution in [1.29, 1.82) is 0 Å². The van der Waals surface area contributed by atoms with Gasteiger partial charge in [0.1, 0.15) is 0 Å². The molecule has 0 aliphatic carbocycles. The summed E-state index contributed by atoms with van der Waals surface area (Å²) in [6, 6.07) is 7.80. The van der Waals surface area contributed by atoms with Gasteiger partial charge in [0.15, 0.2) is 9.84 Å². The number of hydrogen-bond donors (Lipinski definition) is 1. The van der Waals surface area contributed by atoms with E-state index in [0.29, 0.717) is 12.2 Å². The molecular weight excluding hydrogens is 288 g/mol. The van der Waals surface area contributed by atoms with E-state index in [2.05, 4.69) is 20.6 Å². The molecule has 1 N–H and O–H groups in total. The van der Waals surface area contributed by atoms with Crippen LogP contribution in [0.3, 0.4) is 0 Å². The molecule has 1 aromatic carbocycles. The van der Waals surface area contributed by atoms with Gasteiger partial charge in [-0.15, -0.1) is 10.2 Å². The number of hydrogen-bond acceptors (Lipinski definition) is 5. The highest BCUT2D eigenvalue weighted by Crippen LogP contribution is 2.42. The van der Waals surface area contributed by atoms with Crippen LogP contribution in [0.2, 0.25) is 0 Å². The summed E-state index contributed by atoms with van der Waals surface area (Å²) in [7, 11) is -2.96. The molecule has 2 aliphatic heterocycles. The molecule has 2 unspecified atom stereocenters. The number of nitrogens with zero attached hydrogens (tertiary/aromatic N) is 3. The Morgan fingerprint density at radius 1 is 1.14 bits per heavy atom. The molecule has 0 amide bonds. The van der Waals surface area contributed by atoms with Gasteiger partial charge < -0.3 is 0 Å². The first kappa shape index (κ1) is 12.7. The van der Waals surface area contributed by atoms with E-state index < -0.39 is 9.84 Å². The van der Waals surface area contributed by atoms with Crippen molar-refractivity contribution < 1.29 is 8.42 Å². The van der Waals surface area contributed by atoms with E-state index >= 15 is 0 Å². The Labute approximate surface area is 122 Å². The number of aromatic amines is 1. The third kappa shape index (κ3) is 1.91. The molecular formula is C14H14N4O2S. The predicted octanol–water partition coefficient (Wildman–Crippen LogP) is 1.60. The molecule has 2 aromatic rings. The SMILES string of the molecule is O=S1(=O)C2C=C(c3ccccc3-c3nn[nH]n3)CC1CC2. The van der Waals surface area contributed by atoms with Gasteiger partial charge in [0.2, 0.25) is 5.82 Å². The number of nitrogens with one attached hydrogen (secondary N) is 1. The number of tetrazole rings is 1. The normalized spacial score (nSPS) is 26.6. The van der Waals surface area contributed by atoms with Crippen LogP contribution in [0, 0.1) is 0 Å². The smallest absolute Gasteiger partial charge is 0.205 e. The number of fused-ring (bicyclic) bond motifs is 2. The molecule has 7 heteroatoms. The molecule has 1 aromatic heterocycles. The Morgan fingerprint density at radius 2 is 1.95 bits per heavy atom. The van der Waals surface area contributed by atoms with Crippen LogP contribution in [0.25, 0.3) is 17.0 Å². The Morgan fingerprint density at radius 3 is 2.67 bits per heavy atom. The van der Waals surface area contributed by atoms with Crippen molar-refractivity contribution >= 4 is 15.4 Å². The van der Waals surface area contributed by atoms with E-state index in [1.54, 1.807) is 0 Å². The van der Waals surface area contributed by atoms with Crippen molar-refractivity contribution in [1.82, 2.24) is 20.6 Å². The summed E-state index contributed by atoms with van der Waals surface area (Å²) >= 11 is 0. The van der Waals surface area contributed by atoms with Crippen molar-refractivity contribution in [3.8, 4) is 11.4 Å². The summed E-state index contributed by atoms with van der Waals surface area (Å²) in [6.45, 7) is 0. The first-order valence-corrected chi connectivity index (χ1v) is 8.54. The minimum atomic E-state index is -2.96. The summed E-state index contributed by atoms with van der Waals surface area (Å²) < 4.78 is 24.4. The first-order chi connectivity index (χ1) is 10.2. The average molecular weight is 302 g/mol. The van der Waals surface area contributed by atoms with Gasteiger partial charge in [0.05, 0.1) is 10.5 Å². The number of aromatic nitrogens is 4. The molecule has 21 heavy (non-hydrogen) atoms. The number of benzene rings is 1. The molecule has 2 atom stereocenters. The minimum absolute atomic E-state index is 0.235. The maximum Gasteiger partial charge on any atom is 0.205 e. The highest BCUT2D eigenvalue weighted by Gasteiger charge is 2.43. The highest BCUT2D eigenvalue weighted by atomic mass is 32.2. The monoisotopic (exact) mass is 302 g/mol. The summed E-state index contributed by atoms with van der Waals surface area (Å²) in [5, 5.41) is 13.6. The van der Waals surface area contributed by atoms with Crippen molar-refractivity contribution in [3.63, 3.8) is 0 Å². The fourth-order valence-corrected chi connectivity index (χ4v) is 5.48. The molecule has 2 bridgehead atoms. The zero-order chi connectivity index (χ0) is 14.4. The van der Waals surface area contributed by atoms with Crippen LogP contribution < -0.4 is 0 Å². The maximum absolute atomic E-state index is 12.2. The van der Waals surface area contributed by atoms with E-state index in [9.17, 15) is 8.42 Å². The van der Waals surface area contributed by atoms with E-state index in [0.717, 1.165) is 29.5 Å². The van der Waals surface area contributed by atoms with Crippen LogP contribution >= 0.6 is 0 Å². The Bertz CT molecular complexity index is 811. The standard InChI is InChI=1S/C14H14N4O2S/c19-21(20)10-5-6-11(21)8-9(7-10)12-3-1-2-4-13(12)14-15-17-18-16-14/h1-4,7,10-11H,5-6,8H2,(H,15,16,17,18). The summed E-state index contributed by atoms with van der Waals surface area (Å²) in [5.41, 5.74) is 2.97. The number of rotatable bonds is 2. The van der Waals surface area contributed by atoms with E-state index in [4.69, 9.17) is 0 Å². The molecule has 0 spiro atoms. The van der Waals surface area contributed by atoms with Gasteiger partial charge >= 0.3 is 0 Å². The second kappa shape index (κ2) is 4.49. The molecule has 6 nitrogen and oxygen atoms in total. The molecule has 1 saturated heterocycles. The second-order valence-corrected chi connectivity index (χ2v) is 7.95. The van der Waals surface area contributed by atoms with Gasteiger partial charge in [0.25, 0.3) is 0 Å². The van der Waals surface area contributed by atoms with Gasteiger partial charge in [-0.2, -0.15) is 5.21 Å². The number of allylic oxidation sites excluding steroid dienone is 1. The zero-order valence-electron chi connectivity index (χ0n) is 11.2. The summed E-state index contributed by atoms with van der Waals surface area (Å²) in [4.78, 5) is 0. The Kier molecular flexibility index (Phi) is 2.72. The van der Waals surface area contributed by atoms with Crippen LogP contribution in [0.5, 0.6) is 0 Å². The fraction of sp³-hybridized carbons (Fsp3) is 0.357. The Hall–Kier alpha value is -2.02. The van der Waals surface area contributed by atoms with Crippen LogP contribution in [0.15, 0.2) is 30.3 Å². The third-order valence-corrected chi connectivity index (χ3v) is 6.90. The van der Waals surface area contributed by atoms with Crippen molar-refractivity contribution in [2.75, 3.05) is 0 Å². The molecule has 0 saturated carbocycles. The minimum Gasteiger partial charge on any atom is -0.228 e. The van der Waals surface area contributed by atoms with Crippen LogP contribution in [0.1, 0.15) is 24.8 Å². The molecule has 2 aliphatic rings. The van der Waals surface area contributed by atoms with Crippen molar-refractivity contribution in [2.24, 2.45) is 0 Å². The van der Waals surface area contributed by atoms with Crippen molar-refractivity contribution in [2.45, 2.75) is 29.8 Å². The number of H-pyrrole nitrogens is 1. The quantitative estimate of drug-likeness (QED) is 0.910. The average Bonchev–Trinajstić information content (AvgIpc) is 3.02. The van der Waals surface area contributed by atoms with E-state index in [-0.39, 0.29) is 10.5 Å². The topological polar surface area (TPSA) is 88.6 Å². The van der Waals surface area contributed by atoms with Gasteiger partial charge in [-0.3, -0.25) is 0 Å². The van der Waals surface area contributed by atoms with Crippen LogP contribution in [0.4, 0.5) is 0 Å². The molecule has 0 radical (unpaired) electrons. The lowest BCUT2D eigenvalue weighted by molar-refractivity contribution is 0.585. The van der Waals surface area contributed by atoms with Gasteiger partial charge in [0, 0.05) is 5.56 Å². The maximum atomic E-state index is 12.2. The third-order valence-electron chi connectivity index (χ3n) is 4.35. The fourth-order valence-electron chi connectivity index (χ4n) is 3.29. The largest absolute Gasteiger partial charge is 0.228 e. The van der Waals surface area contributed by atoms with Gasteiger partial charge in [-0.05, 0) is 35.6 Å². The van der Waals surface area contributed by atoms with Gasteiger partial charge in [-0.25, -0.2) is 8.42 Å². The molecule has 4 rings (SSSR count). The molecule has 1 fully saturated rings. The highest BCUT2D eigenvalue weighted by molar-refractivity contribution is 7.93. The van der Waals surface area contributed by atoms with Gasteiger partial charge in [-0.1, -0.05) is 30.3 Å². The van der Waals surface area contributed by atoms with Crippen LogP contribution in [-0.4, -0.2) is 39.5 Å². The lowest BCUT2D eigenvalue weighted by atomic mass is 9.95. The predicted molar refractivity (Wildman–Crippen MR) is 77.9 cm³/mol. The lowest BCUT2D eigenvalue weighted by Gasteiger charge is -2.21. The van der Waals surface area contributed by atoms with Crippen molar-refractivity contribution in [3.05, 3.63) is 35.9 Å². The second-order valence-electron chi connectivity index (χ2n) is 5.50. The summed E-state index contributed by atoms with van der Waals surface area (Å²) in [5.74, 6) is 0.535. The van der Waals surface area contributed by atoms with E-state index in [1.807, 2.05) is 30.3 Å². The molecule has 108 valence electrons. The lowest BCUT2D eigenvalue weighted by Crippen LogP contribution is -2.26. The van der Waals surface area contributed by atoms with E-state index in [1.165, 1.54) is 0 Å². The first-order valence-electron chi connectivity index (χ1n) is 6.93. The molecule has 3 heterocycles. The Balaban J connectivity index is 1.83. The van der Waals surface area contributed by atoms with Crippen LogP contribution in [-0.2, 0) is 9.84 Å².